The van der Waals surface area contributed by atoms with E-state index in [1.54, 1.807) is 14.2 Å². The molecule has 0 aromatic heterocycles. The summed E-state index contributed by atoms with van der Waals surface area (Å²) < 4.78 is 23.8. The van der Waals surface area contributed by atoms with Crippen LogP contribution in [0.4, 0.5) is 10.1 Å². The summed E-state index contributed by atoms with van der Waals surface area (Å²) in [6.45, 7) is 2.49. The fraction of sp³-hybridized carbons (Fsp3) is 0.350. The van der Waals surface area contributed by atoms with Gasteiger partial charge >= 0.3 is 0 Å². The van der Waals surface area contributed by atoms with Gasteiger partial charge in [0.1, 0.15) is 5.82 Å². The molecule has 7 heteroatoms. The van der Waals surface area contributed by atoms with Crippen LogP contribution in [-0.2, 0) is 11.2 Å². The van der Waals surface area contributed by atoms with Gasteiger partial charge in [-0.2, -0.15) is 0 Å². The Morgan fingerprint density at radius 2 is 1.89 bits per heavy atom. The van der Waals surface area contributed by atoms with Crippen molar-refractivity contribution < 1.29 is 18.7 Å². The first-order valence-electron chi connectivity index (χ1n) is 8.52. The number of carbonyl (C=O) groups is 1. The highest BCUT2D eigenvalue weighted by atomic mass is 35.5. The van der Waals surface area contributed by atoms with E-state index in [-0.39, 0.29) is 17.0 Å². The Bertz CT molecular complexity index is 801. The molecule has 1 atom stereocenters. The minimum Gasteiger partial charge on any atom is -0.493 e. The molecular weight excluding hydrogens is 371 g/mol. The van der Waals surface area contributed by atoms with E-state index in [0.717, 1.165) is 12.0 Å². The average Bonchev–Trinajstić information content (AvgIpc) is 2.67. The van der Waals surface area contributed by atoms with Crippen LogP contribution in [0.1, 0.15) is 12.5 Å². The predicted octanol–water partition coefficient (Wildman–Crippen LogP) is 4.00. The summed E-state index contributed by atoms with van der Waals surface area (Å²) in [5, 5.41) is 2.73. The Kier molecular flexibility index (Phi) is 7.45. The van der Waals surface area contributed by atoms with Crippen LogP contribution in [0.2, 0.25) is 5.02 Å². The van der Waals surface area contributed by atoms with Gasteiger partial charge in [-0.3, -0.25) is 9.69 Å². The molecule has 1 N–H and O–H groups in total. The van der Waals surface area contributed by atoms with Crippen LogP contribution < -0.4 is 14.8 Å². The largest absolute Gasteiger partial charge is 0.493 e. The minimum atomic E-state index is -0.519. The molecule has 5 nitrogen and oxygen atoms in total. The molecule has 0 saturated carbocycles. The number of benzene rings is 2. The number of likely N-dealkylation sites (N-methyl/N-ethyl adjacent to an activating group) is 1. The smallest absolute Gasteiger partial charge is 0.241 e. The number of ether oxygens (including phenoxy) is 2. The molecule has 146 valence electrons. The lowest BCUT2D eigenvalue weighted by molar-refractivity contribution is -0.120. The number of hydrogen-bond donors (Lipinski definition) is 1. The standard InChI is InChI=1S/C20H24ClFN2O3/c1-13(20(25)23-15-6-7-17(22)16(21)12-15)24(2)10-9-14-5-8-18(26-3)19(11-14)27-4/h5-8,11-13H,9-10H2,1-4H3,(H,23,25)/t13-/m1/s1. The molecule has 1 amide bonds. The van der Waals surface area contributed by atoms with Crippen LogP contribution in [0, 0.1) is 5.82 Å². The highest BCUT2D eigenvalue weighted by molar-refractivity contribution is 6.31. The van der Waals surface area contributed by atoms with E-state index in [0.29, 0.717) is 23.7 Å². The van der Waals surface area contributed by atoms with E-state index in [4.69, 9.17) is 21.1 Å². The summed E-state index contributed by atoms with van der Waals surface area (Å²) in [4.78, 5) is 14.4. The topological polar surface area (TPSA) is 50.8 Å². The molecule has 0 bridgehead atoms. The molecular formula is C20H24ClFN2O3. The molecule has 2 rings (SSSR count). The van der Waals surface area contributed by atoms with E-state index in [1.807, 2.05) is 37.1 Å². The van der Waals surface area contributed by atoms with Crippen molar-refractivity contribution in [3.63, 3.8) is 0 Å². The average molecular weight is 395 g/mol. The number of amides is 1. The zero-order valence-corrected chi connectivity index (χ0v) is 16.6. The van der Waals surface area contributed by atoms with Gasteiger partial charge in [0.15, 0.2) is 11.5 Å². The summed E-state index contributed by atoms with van der Waals surface area (Å²) in [6.07, 6.45) is 0.747. The number of nitrogens with zero attached hydrogens (tertiary/aromatic N) is 1. The van der Waals surface area contributed by atoms with Gasteiger partial charge in [-0.05, 0) is 56.3 Å². The fourth-order valence-electron chi connectivity index (χ4n) is 2.56. The van der Waals surface area contributed by atoms with Gasteiger partial charge in [-0.1, -0.05) is 17.7 Å². The molecule has 0 aliphatic carbocycles. The predicted molar refractivity (Wildman–Crippen MR) is 105 cm³/mol. The Labute approximate surface area is 164 Å². The van der Waals surface area contributed by atoms with Crippen LogP contribution in [0.15, 0.2) is 36.4 Å². The molecule has 0 heterocycles. The second-order valence-electron chi connectivity index (χ2n) is 6.21. The normalized spacial score (nSPS) is 12.0. The molecule has 2 aromatic carbocycles. The zero-order chi connectivity index (χ0) is 20.0. The van der Waals surface area contributed by atoms with Crippen molar-refractivity contribution >= 4 is 23.2 Å². The first-order valence-corrected chi connectivity index (χ1v) is 8.90. The maximum absolute atomic E-state index is 13.2. The van der Waals surface area contributed by atoms with E-state index < -0.39 is 5.82 Å². The van der Waals surface area contributed by atoms with Crippen molar-refractivity contribution in [1.29, 1.82) is 0 Å². The fourth-order valence-corrected chi connectivity index (χ4v) is 2.74. The summed E-state index contributed by atoms with van der Waals surface area (Å²) in [7, 11) is 5.07. The van der Waals surface area contributed by atoms with E-state index in [9.17, 15) is 9.18 Å². The second-order valence-corrected chi connectivity index (χ2v) is 6.62. The van der Waals surface area contributed by atoms with Crippen molar-refractivity contribution in [2.75, 3.05) is 33.1 Å². The van der Waals surface area contributed by atoms with Crippen LogP contribution in [0.3, 0.4) is 0 Å². The van der Waals surface area contributed by atoms with Gasteiger partial charge in [0.05, 0.1) is 25.3 Å². The molecule has 27 heavy (non-hydrogen) atoms. The lowest BCUT2D eigenvalue weighted by Crippen LogP contribution is -2.40. The molecule has 0 aliphatic heterocycles. The van der Waals surface area contributed by atoms with Crippen LogP contribution in [0.25, 0.3) is 0 Å². The van der Waals surface area contributed by atoms with Gasteiger partial charge < -0.3 is 14.8 Å². The van der Waals surface area contributed by atoms with Crippen molar-refractivity contribution in [2.24, 2.45) is 0 Å². The Morgan fingerprint density at radius 1 is 1.19 bits per heavy atom. The lowest BCUT2D eigenvalue weighted by atomic mass is 10.1. The van der Waals surface area contributed by atoms with Gasteiger partial charge in [0.2, 0.25) is 5.91 Å². The van der Waals surface area contributed by atoms with Gasteiger partial charge in [-0.25, -0.2) is 4.39 Å². The number of anilines is 1. The summed E-state index contributed by atoms with van der Waals surface area (Å²) in [5.74, 6) is 0.652. The van der Waals surface area contributed by atoms with Crippen LogP contribution in [0.5, 0.6) is 11.5 Å². The number of rotatable bonds is 8. The number of halogens is 2. The zero-order valence-electron chi connectivity index (χ0n) is 15.9. The van der Waals surface area contributed by atoms with Crippen molar-refractivity contribution in [2.45, 2.75) is 19.4 Å². The van der Waals surface area contributed by atoms with Crippen LogP contribution >= 0.6 is 11.6 Å². The summed E-state index contributed by atoms with van der Waals surface area (Å²) >= 11 is 5.75. The van der Waals surface area contributed by atoms with Crippen molar-refractivity contribution in [1.82, 2.24) is 4.90 Å². The highest BCUT2D eigenvalue weighted by Gasteiger charge is 2.18. The molecule has 0 saturated heterocycles. The molecule has 0 unspecified atom stereocenters. The van der Waals surface area contributed by atoms with Gasteiger partial charge in [0.25, 0.3) is 0 Å². The molecule has 0 aliphatic rings. The monoisotopic (exact) mass is 394 g/mol. The SMILES string of the molecule is COc1ccc(CCN(C)[C@H](C)C(=O)Nc2ccc(F)c(Cl)c2)cc1OC. The lowest BCUT2D eigenvalue weighted by Gasteiger charge is -2.24. The number of carbonyl (C=O) groups excluding carboxylic acids is 1. The third-order valence-electron chi connectivity index (χ3n) is 4.43. The van der Waals surface area contributed by atoms with Crippen LogP contribution in [-0.4, -0.2) is 44.7 Å². The number of methoxy groups -OCH3 is 2. The van der Waals surface area contributed by atoms with Gasteiger partial charge in [-0.15, -0.1) is 0 Å². The summed E-state index contributed by atoms with van der Waals surface area (Å²) in [6, 6.07) is 9.50. The quantitative estimate of drug-likeness (QED) is 0.735. The molecule has 0 spiro atoms. The Hall–Kier alpha value is -2.31. The van der Waals surface area contributed by atoms with Gasteiger partial charge in [0, 0.05) is 12.2 Å². The first kappa shape index (κ1) is 21.0. The maximum Gasteiger partial charge on any atom is 0.241 e. The summed E-state index contributed by atoms with van der Waals surface area (Å²) in [5.41, 5.74) is 1.55. The second kappa shape index (κ2) is 9.58. The minimum absolute atomic E-state index is 0.0257. The molecule has 2 aromatic rings. The first-order chi connectivity index (χ1) is 12.8. The molecule has 0 fully saturated rings. The number of nitrogens with one attached hydrogen (secondary N) is 1. The van der Waals surface area contributed by atoms with E-state index >= 15 is 0 Å². The maximum atomic E-state index is 13.2. The van der Waals surface area contributed by atoms with Crippen molar-refractivity contribution in [3.8, 4) is 11.5 Å². The third kappa shape index (κ3) is 5.58. The van der Waals surface area contributed by atoms with E-state index in [2.05, 4.69) is 5.32 Å². The highest BCUT2D eigenvalue weighted by Crippen LogP contribution is 2.27. The Balaban J connectivity index is 1.93. The number of hydrogen-bond acceptors (Lipinski definition) is 4. The molecule has 0 radical (unpaired) electrons. The Morgan fingerprint density at radius 3 is 2.52 bits per heavy atom. The third-order valence-corrected chi connectivity index (χ3v) is 4.72. The van der Waals surface area contributed by atoms with Crippen molar-refractivity contribution in [3.05, 3.63) is 52.8 Å². The van der Waals surface area contributed by atoms with E-state index in [1.165, 1.54) is 18.2 Å².